The molecule has 11 heteroatoms. The first-order valence-corrected chi connectivity index (χ1v) is 8.76. The van der Waals surface area contributed by atoms with Crippen LogP contribution in [-0.4, -0.2) is 25.9 Å². The van der Waals surface area contributed by atoms with Gasteiger partial charge >= 0.3 is 11.4 Å². The molecule has 2 bridgehead atoms. The first kappa shape index (κ1) is 19.0. The molecule has 5 unspecified atom stereocenters. The number of fused-ring (bicyclic) bond motifs is 5. The van der Waals surface area contributed by atoms with E-state index in [9.17, 15) is 30.3 Å². The van der Waals surface area contributed by atoms with Gasteiger partial charge in [0.1, 0.15) is 0 Å². The second-order valence-electron chi connectivity index (χ2n) is 7.42. The molecule has 27 heavy (non-hydrogen) atoms. The van der Waals surface area contributed by atoms with Crippen molar-refractivity contribution < 1.29 is 19.9 Å². The third-order valence-corrected chi connectivity index (χ3v) is 6.14. The number of nitro benzene ring substituents is 3. The monoisotopic (exact) mass is 380 g/mol. The summed E-state index contributed by atoms with van der Waals surface area (Å²) in [5, 5.41) is 40.2. The Balaban J connectivity index is 0.000000164. The highest BCUT2D eigenvalue weighted by atomic mass is 16.6. The molecule has 11 nitrogen and oxygen atoms in total. The average molecular weight is 380 g/mol. The van der Waals surface area contributed by atoms with Crippen molar-refractivity contribution in [3.8, 4) is 5.75 Å². The molecule has 3 N–H and O–H groups in total. The predicted molar refractivity (Wildman–Crippen MR) is 93.1 cm³/mol. The van der Waals surface area contributed by atoms with Crippen LogP contribution in [0.5, 0.6) is 5.75 Å². The normalized spacial score (nSPS) is 30.3. The van der Waals surface area contributed by atoms with Gasteiger partial charge in [-0.3, -0.25) is 30.3 Å². The van der Waals surface area contributed by atoms with Gasteiger partial charge in [0.2, 0.25) is 0 Å². The standard InChI is InChI=1S/C10H17N.C6H3N3O7/c11-10-5-6-4-9(10)8-3-1-2-7(6)8;10-6-4(8(13)14)1-3(7(11)12)2-5(6)9(15)16/h6-10H,1-5,11H2;1-2,10H. The highest BCUT2D eigenvalue weighted by Crippen LogP contribution is 2.58. The number of nitrogens with two attached hydrogens (primary N) is 1. The zero-order valence-electron chi connectivity index (χ0n) is 14.4. The lowest BCUT2D eigenvalue weighted by molar-refractivity contribution is -0.404. The molecule has 1 aromatic rings. The topological polar surface area (TPSA) is 176 Å². The highest BCUT2D eigenvalue weighted by molar-refractivity contribution is 5.64. The minimum absolute atomic E-state index is 0.447. The van der Waals surface area contributed by atoms with Crippen LogP contribution in [0.15, 0.2) is 12.1 Å². The third-order valence-electron chi connectivity index (χ3n) is 6.14. The summed E-state index contributed by atoms with van der Waals surface area (Å²) in [7, 11) is 0. The Morgan fingerprint density at radius 2 is 1.44 bits per heavy atom. The lowest BCUT2D eigenvalue weighted by atomic mass is 9.79. The summed E-state index contributed by atoms with van der Waals surface area (Å²) in [5.74, 6) is 2.94. The largest absolute Gasteiger partial charge is 0.497 e. The van der Waals surface area contributed by atoms with Gasteiger partial charge in [-0.05, 0) is 49.4 Å². The Morgan fingerprint density at radius 3 is 1.96 bits per heavy atom. The summed E-state index contributed by atoms with van der Waals surface area (Å²) in [6.07, 6.45) is 7.36. The molecule has 4 rings (SSSR count). The van der Waals surface area contributed by atoms with Crippen LogP contribution < -0.4 is 5.73 Å². The van der Waals surface area contributed by atoms with Gasteiger partial charge in [0, 0.05) is 6.04 Å². The molecule has 5 atom stereocenters. The van der Waals surface area contributed by atoms with Crippen molar-refractivity contribution in [2.24, 2.45) is 29.4 Å². The van der Waals surface area contributed by atoms with Crippen LogP contribution in [0.1, 0.15) is 32.1 Å². The fourth-order valence-electron chi connectivity index (χ4n) is 5.09. The van der Waals surface area contributed by atoms with E-state index in [1.54, 1.807) is 0 Å². The summed E-state index contributed by atoms with van der Waals surface area (Å²) < 4.78 is 0. The molecule has 0 radical (unpaired) electrons. The predicted octanol–water partition coefficient (Wildman–Crippen LogP) is 2.89. The molecular formula is C16H20N4O7. The molecule has 0 spiro atoms. The van der Waals surface area contributed by atoms with Crippen LogP contribution in [0.25, 0.3) is 0 Å². The van der Waals surface area contributed by atoms with Crippen LogP contribution >= 0.6 is 0 Å². The zero-order chi connectivity index (χ0) is 19.9. The fraction of sp³-hybridized carbons (Fsp3) is 0.625. The fourth-order valence-corrected chi connectivity index (χ4v) is 5.09. The van der Waals surface area contributed by atoms with Gasteiger partial charge in [-0.2, -0.15) is 0 Å². The smallest absolute Gasteiger partial charge is 0.324 e. The highest BCUT2D eigenvalue weighted by Gasteiger charge is 2.52. The maximum atomic E-state index is 10.4. The molecule has 0 amide bonds. The van der Waals surface area contributed by atoms with E-state index >= 15 is 0 Å². The molecule has 0 aliphatic heterocycles. The molecule has 3 aliphatic rings. The lowest BCUT2D eigenvalue weighted by Gasteiger charge is -2.28. The van der Waals surface area contributed by atoms with Crippen LogP contribution in [-0.2, 0) is 0 Å². The van der Waals surface area contributed by atoms with E-state index in [0.717, 1.165) is 23.7 Å². The SMILES string of the molecule is NC1CC2CC1C1CCCC21.O=[N+]([O-])c1cc([N+](=O)[O-])c(O)c([N+](=O)[O-])c1. The number of benzene rings is 1. The Labute approximate surface area is 153 Å². The molecule has 146 valence electrons. The number of phenolic OH excluding ortho intramolecular Hbond substituents is 1. The molecule has 0 saturated heterocycles. The van der Waals surface area contributed by atoms with Gasteiger partial charge in [-0.1, -0.05) is 6.42 Å². The van der Waals surface area contributed by atoms with Crippen molar-refractivity contribution in [1.82, 2.24) is 0 Å². The summed E-state index contributed by atoms with van der Waals surface area (Å²) in [5.41, 5.74) is 3.07. The average Bonchev–Trinajstić information content (AvgIpc) is 3.27. The van der Waals surface area contributed by atoms with Crippen molar-refractivity contribution >= 4 is 17.1 Å². The van der Waals surface area contributed by atoms with Gasteiger partial charge in [0.25, 0.3) is 11.4 Å². The first-order valence-electron chi connectivity index (χ1n) is 8.76. The van der Waals surface area contributed by atoms with Crippen molar-refractivity contribution in [3.63, 3.8) is 0 Å². The van der Waals surface area contributed by atoms with Crippen molar-refractivity contribution in [1.29, 1.82) is 0 Å². The molecular weight excluding hydrogens is 360 g/mol. The van der Waals surface area contributed by atoms with Gasteiger partial charge in [-0.25, -0.2) is 0 Å². The third kappa shape index (κ3) is 3.42. The Kier molecular flexibility index (Phi) is 4.96. The van der Waals surface area contributed by atoms with E-state index in [4.69, 9.17) is 10.8 Å². The van der Waals surface area contributed by atoms with Gasteiger partial charge in [0.15, 0.2) is 0 Å². The maximum absolute atomic E-state index is 10.4. The molecule has 0 aromatic heterocycles. The maximum Gasteiger partial charge on any atom is 0.324 e. The minimum Gasteiger partial charge on any atom is -0.497 e. The first-order chi connectivity index (χ1) is 12.7. The lowest BCUT2D eigenvalue weighted by Crippen LogP contribution is -2.34. The van der Waals surface area contributed by atoms with Gasteiger partial charge in [0.05, 0.1) is 26.9 Å². The van der Waals surface area contributed by atoms with Crippen molar-refractivity contribution in [2.45, 2.75) is 38.1 Å². The van der Waals surface area contributed by atoms with E-state index in [0.29, 0.717) is 18.2 Å². The van der Waals surface area contributed by atoms with E-state index in [1.165, 1.54) is 32.1 Å². The van der Waals surface area contributed by atoms with Crippen LogP contribution in [0.4, 0.5) is 17.1 Å². The van der Waals surface area contributed by atoms with Gasteiger partial charge < -0.3 is 10.8 Å². The molecule has 3 saturated carbocycles. The summed E-state index contributed by atoms with van der Waals surface area (Å²) in [6, 6.07) is 1.48. The van der Waals surface area contributed by atoms with E-state index < -0.39 is 37.6 Å². The quantitative estimate of drug-likeness (QED) is 0.594. The summed E-state index contributed by atoms with van der Waals surface area (Å²) >= 11 is 0. The number of aromatic hydroxyl groups is 1. The number of hydrogen-bond acceptors (Lipinski definition) is 8. The molecule has 3 aliphatic carbocycles. The summed E-state index contributed by atoms with van der Waals surface area (Å²) in [4.78, 5) is 27.8. The molecule has 1 aromatic carbocycles. The number of rotatable bonds is 3. The summed E-state index contributed by atoms with van der Waals surface area (Å²) in [6.45, 7) is 0. The Bertz CT molecular complexity index is 764. The van der Waals surface area contributed by atoms with Gasteiger partial charge in [-0.15, -0.1) is 0 Å². The number of nitrogens with zero attached hydrogens (tertiary/aromatic N) is 3. The molecule has 3 fully saturated rings. The number of nitro groups is 3. The number of hydrogen-bond donors (Lipinski definition) is 2. The zero-order valence-corrected chi connectivity index (χ0v) is 14.4. The van der Waals surface area contributed by atoms with Crippen LogP contribution in [0, 0.1) is 54.0 Å². The minimum atomic E-state index is -1.21. The van der Waals surface area contributed by atoms with E-state index in [1.807, 2.05) is 0 Å². The van der Waals surface area contributed by atoms with Crippen molar-refractivity contribution in [3.05, 3.63) is 42.5 Å². The Hall–Kier alpha value is -2.82. The van der Waals surface area contributed by atoms with Crippen molar-refractivity contribution in [2.75, 3.05) is 0 Å². The Morgan fingerprint density at radius 1 is 0.889 bits per heavy atom. The second kappa shape index (κ2) is 7.06. The van der Waals surface area contributed by atoms with Crippen LogP contribution in [0.2, 0.25) is 0 Å². The van der Waals surface area contributed by atoms with Crippen LogP contribution in [0.3, 0.4) is 0 Å². The second-order valence-corrected chi connectivity index (χ2v) is 7.42. The number of phenols is 1. The molecule has 0 heterocycles. The van der Waals surface area contributed by atoms with E-state index in [2.05, 4.69) is 0 Å². The van der Waals surface area contributed by atoms with E-state index in [-0.39, 0.29) is 0 Å². The number of non-ortho nitro benzene ring substituents is 1.